The number of allylic oxidation sites excluding steroid dienone is 8. The van der Waals surface area contributed by atoms with Gasteiger partial charge in [0.25, 0.3) is 7.82 Å². The second-order valence-electron chi connectivity index (χ2n) is 19.6. The van der Waals surface area contributed by atoms with Gasteiger partial charge in [0.05, 0.1) is 27.7 Å². The van der Waals surface area contributed by atoms with Gasteiger partial charge in [-0.15, -0.1) is 0 Å². The van der Waals surface area contributed by atoms with Crippen LogP contribution in [0.1, 0.15) is 245 Å². The Labute approximate surface area is 407 Å². The molecule has 0 fully saturated rings. The SMILES string of the molecule is CCCCC/C=C\C/C=C\C/C=C\CCCCCCCCC(=O)OC(COC(=O)CCCCCCCCCCCCC/C=C\CCCCCCCCCC)COP(=O)([O-])OCC[N+](C)(C)C. The van der Waals surface area contributed by atoms with Gasteiger partial charge in [0.1, 0.15) is 19.8 Å². The van der Waals surface area contributed by atoms with Gasteiger partial charge < -0.3 is 27.9 Å². The van der Waals surface area contributed by atoms with E-state index in [9.17, 15) is 19.0 Å². The second-order valence-corrected chi connectivity index (χ2v) is 21.0. The van der Waals surface area contributed by atoms with Crippen LogP contribution in [0.2, 0.25) is 0 Å². The minimum absolute atomic E-state index is 0.0344. The van der Waals surface area contributed by atoms with E-state index in [0.717, 1.165) is 70.6 Å². The van der Waals surface area contributed by atoms with Crippen molar-refractivity contribution in [3.63, 3.8) is 0 Å². The average Bonchev–Trinajstić information content (AvgIpc) is 3.27. The summed E-state index contributed by atoms with van der Waals surface area (Å²) in [6, 6.07) is 0. The number of quaternary nitrogens is 1. The van der Waals surface area contributed by atoms with Crippen molar-refractivity contribution in [3.05, 3.63) is 48.6 Å². The third kappa shape index (κ3) is 51.4. The number of nitrogens with zero attached hydrogens (tertiary/aromatic N) is 1. The summed E-state index contributed by atoms with van der Waals surface area (Å²) in [5.74, 6) is -0.843. The number of hydrogen-bond acceptors (Lipinski definition) is 8. The topological polar surface area (TPSA) is 111 Å². The summed E-state index contributed by atoms with van der Waals surface area (Å²) in [4.78, 5) is 37.8. The van der Waals surface area contributed by atoms with Crippen molar-refractivity contribution < 1.29 is 42.1 Å². The molecule has 0 bridgehead atoms. The summed E-state index contributed by atoms with van der Waals surface area (Å²) in [6.45, 7) is 4.21. The fraction of sp³-hybridized carbons (Fsp3) is 0.821. The molecule has 0 heterocycles. The molecule has 0 radical (unpaired) electrons. The standard InChI is InChI=1S/C56H104NO8P/c1-6-8-10-12-14-16-18-20-22-24-26-27-28-29-31-32-34-36-38-40-42-44-46-48-55(58)62-52-54(53-64-66(60,61)63-51-50-57(3,4)5)65-56(59)49-47-45-43-41-39-37-35-33-30-25-23-21-19-17-15-13-11-9-7-2/h15,17,21,23-24,26,30,33,54H,6-14,16,18-20,22,25,27-29,31-32,34-53H2,1-5H3/b17-15-,23-21-,26-24-,33-30-. The number of phosphoric acid groups is 1. The Balaban J connectivity index is 4.22. The molecule has 0 aliphatic rings. The van der Waals surface area contributed by atoms with E-state index >= 15 is 0 Å². The highest BCUT2D eigenvalue weighted by Crippen LogP contribution is 2.38. The summed E-state index contributed by atoms with van der Waals surface area (Å²) in [5, 5.41) is 0. The molecule has 0 aromatic rings. The van der Waals surface area contributed by atoms with E-state index in [-0.39, 0.29) is 32.0 Å². The molecule has 10 heteroatoms. The van der Waals surface area contributed by atoms with Crippen molar-refractivity contribution >= 4 is 19.8 Å². The van der Waals surface area contributed by atoms with E-state index in [1.165, 1.54) is 141 Å². The minimum atomic E-state index is -4.64. The smallest absolute Gasteiger partial charge is 0.306 e. The molecule has 0 aliphatic carbocycles. The van der Waals surface area contributed by atoms with Crippen LogP contribution >= 0.6 is 7.82 Å². The zero-order valence-electron chi connectivity index (χ0n) is 43.6. The molecule has 0 aliphatic heterocycles. The van der Waals surface area contributed by atoms with Crippen molar-refractivity contribution in [3.8, 4) is 0 Å². The van der Waals surface area contributed by atoms with E-state index in [4.69, 9.17) is 18.5 Å². The number of esters is 2. The second kappa shape index (κ2) is 48.0. The molecule has 2 atom stereocenters. The number of likely N-dealkylation sites (N-methyl/N-ethyl adjacent to an activating group) is 1. The summed E-state index contributed by atoms with van der Waals surface area (Å²) in [5.41, 5.74) is 0. The third-order valence-corrected chi connectivity index (χ3v) is 12.8. The molecule has 0 aromatic heterocycles. The first-order chi connectivity index (χ1) is 32.0. The van der Waals surface area contributed by atoms with E-state index in [2.05, 4.69) is 62.5 Å². The van der Waals surface area contributed by atoms with Crippen LogP contribution in [0.25, 0.3) is 0 Å². The summed E-state index contributed by atoms with van der Waals surface area (Å²) >= 11 is 0. The number of ether oxygens (including phenoxy) is 2. The maximum Gasteiger partial charge on any atom is 0.306 e. The lowest BCUT2D eigenvalue weighted by atomic mass is 10.0. The fourth-order valence-corrected chi connectivity index (χ4v) is 8.27. The monoisotopic (exact) mass is 950 g/mol. The van der Waals surface area contributed by atoms with Crippen LogP contribution in [0.5, 0.6) is 0 Å². The van der Waals surface area contributed by atoms with Gasteiger partial charge in [-0.1, -0.05) is 204 Å². The summed E-state index contributed by atoms with van der Waals surface area (Å²) < 4.78 is 34.1. The van der Waals surface area contributed by atoms with Gasteiger partial charge >= 0.3 is 11.9 Å². The van der Waals surface area contributed by atoms with Crippen molar-refractivity contribution in [2.24, 2.45) is 0 Å². The van der Waals surface area contributed by atoms with Crippen LogP contribution in [0.3, 0.4) is 0 Å². The van der Waals surface area contributed by atoms with E-state index in [1.807, 2.05) is 21.1 Å². The maximum atomic E-state index is 12.8. The zero-order valence-corrected chi connectivity index (χ0v) is 44.5. The van der Waals surface area contributed by atoms with Crippen LogP contribution in [0, 0.1) is 0 Å². The molecular weight excluding hydrogens is 846 g/mol. The Morgan fingerprint density at radius 1 is 0.470 bits per heavy atom. The molecule has 0 amide bonds. The van der Waals surface area contributed by atoms with Crippen molar-refractivity contribution in [2.45, 2.75) is 251 Å². The Kier molecular flexibility index (Phi) is 46.5. The van der Waals surface area contributed by atoms with Crippen LogP contribution in [0.4, 0.5) is 0 Å². The lowest BCUT2D eigenvalue weighted by Crippen LogP contribution is -2.37. The molecule has 386 valence electrons. The van der Waals surface area contributed by atoms with E-state index in [0.29, 0.717) is 17.4 Å². The highest BCUT2D eigenvalue weighted by atomic mass is 31.2. The van der Waals surface area contributed by atoms with Crippen molar-refractivity contribution in [2.75, 3.05) is 47.5 Å². The first-order valence-corrected chi connectivity index (χ1v) is 28.8. The van der Waals surface area contributed by atoms with E-state index in [1.54, 1.807) is 0 Å². The summed E-state index contributed by atoms with van der Waals surface area (Å²) in [6.07, 6.45) is 58.6. The highest BCUT2D eigenvalue weighted by Gasteiger charge is 2.21. The van der Waals surface area contributed by atoms with Gasteiger partial charge in [-0.2, -0.15) is 0 Å². The van der Waals surface area contributed by atoms with Crippen LogP contribution < -0.4 is 4.89 Å². The first-order valence-electron chi connectivity index (χ1n) is 27.3. The van der Waals surface area contributed by atoms with Crippen molar-refractivity contribution in [1.29, 1.82) is 0 Å². The minimum Gasteiger partial charge on any atom is -0.756 e. The molecule has 9 nitrogen and oxygen atoms in total. The Morgan fingerprint density at radius 2 is 0.818 bits per heavy atom. The summed E-state index contributed by atoms with van der Waals surface area (Å²) in [7, 11) is 1.16. The predicted octanol–water partition coefficient (Wildman–Crippen LogP) is 16.0. The number of carbonyl (C=O) groups excluding carboxylic acids is 2. The molecule has 0 N–H and O–H groups in total. The zero-order chi connectivity index (χ0) is 48.5. The Hall–Kier alpha value is -2.03. The van der Waals surface area contributed by atoms with Gasteiger partial charge in [-0.25, -0.2) is 0 Å². The van der Waals surface area contributed by atoms with Crippen LogP contribution in [-0.2, 0) is 32.7 Å². The van der Waals surface area contributed by atoms with E-state index < -0.39 is 26.5 Å². The van der Waals surface area contributed by atoms with Gasteiger partial charge in [0.15, 0.2) is 6.10 Å². The number of unbranched alkanes of at least 4 members (excludes halogenated alkanes) is 28. The quantitative estimate of drug-likeness (QED) is 0.0195. The predicted molar refractivity (Wildman–Crippen MR) is 277 cm³/mol. The Morgan fingerprint density at radius 3 is 1.26 bits per heavy atom. The van der Waals surface area contributed by atoms with Crippen LogP contribution in [0.15, 0.2) is 48.6 Å². The average molecular weight is 950 g/mol. The normalized spacial score (nSPS) is 13.7. The lowest BCUT2D eigenvalue weighted by molar-refractivity contribution is -0.870. The fourth-order valence-electron chi connectivity index (χ4n) is 7.54. The molecule has 0 saturated carbocycles. The largest absolute Gasteiger partial charge is 0.756 e. The highest BCUT2D eigenvalue weighted by molar-refractivity contribution is 7.45. The van der Waals surface area contributed by atoms with Gasteiger partial charge in [0.2, 0.25) is 0 Å². The molecular formula is C56H104NO8P. The number of carbonyl (C=O) groups is 2. The lowest BCUT2D eigenvalue weighted by Gasteiger charge is -2.28. The molecule has 0 aromatic carbocycles. The first kappa shape index (κ1) is 64.0. The van der Waals surface area contributed by atoms with Gasteiger partial charge in [-0.05, 0) is 77.0 Å². The maximum absolute atomic E-state index is 12.8. The third-order valence-electron chi connectivity index (χ3n) is 11.8. The molecule has 66 heavy (non-hydrogen) atoms. The molecule has 0 spiro atoms. The van der Waals surface area contributed by atoms with Crippen molar-refractivity contribution in [1.82, 2.24) is 0 Å². The van der Waals surface area contributed by atoms with Gasteiger partial charge in [0, 0.05) is 12.8 Å². The Bertz CT molecular complexity index is 1260. The molecule has 2 unspecified atom stereocenters. The van der Waals surface area contributed by atoms with Gasteiger partial charge in [-0.3, -0.25) is 14.2 Å². The van der Waals surface area contributed by atoms with Crippen LogP contribution in [-0.4, -0.2) is 70.0 Å². The number of phosphoric ester groups is 1. The number of hydrogen-bond donors (Lipinski definition) is 0. The molecule has 0 saturated heterocycles. The molecule has 0 rings (SSSR count). The number of rotatable bonds is 50.